The maximum Gasteiger partial charge on any atom is 0.244 e. The van der Waals surface area contributed by atoms with E-state index in [-0.39, 0.29) is 31.0 Å². The first-order valence-corrected chi connectivity index (χ1v) is 13.7. The van der Waals surface area contributed by atoms with E-state index in [2.05, 4.69) is 5.32 Å². The lowest BCUT2D eigenvalue weighted by Crippen LogP contribution is -2.53. The lowest BCUT2D eigenvalue weighted by atomic mass is 10.1. The Balaban J connectivity index is 1.97. The van der Waals surface area contributed by atoms with Crippen LogP contribution in [-0.4, -0.2) is 56.3 Å². The minimum atomic E-state index is -3.82. The SMILES string of the molecule is CCC(C(=O)NC(C)C)N(Cc1ccc(C)cc1)C(=O)CN(c1ccc2c(c1)OCO2)S(=O)(=O)CC. The highest BCUT2D eigenvalue weighted by atomic mass is 32.2. The van der Waals surface area contributed by atoms with E-state index in [1.165, 1.54) is 11.8 Å². The Kier molecular flexibility index (Phi) is 8.84. The van der Waals surface area contributed by atoms with E-state index in [4.69, 9.17) is 9.47 Å². The lowest BCUT2D eigenvalue weighted by molar-refractivity contribution is -0.140. The number of nitrogens with one attached hydrogen (secondary N) is 1. The quantitative estimate of drug-likeness (QED) is 0.491. The molecule has 36 heavy (non-hydrogen) atoms. The molecule has 2 amide bonds. The third kappa shape index (κ3) is 6.48. The van der Waals surface area contributed by atoms with Crippen molar-refractivity contribution in [2.45, 2.75) is 59.7 Å². The van der Waals surface area contributed by atoms with Crippen molar-refractivity contribution in [1.82, 2.24) is 10.2 Å². The first-order chi connectivity index (χ1) is 17.1. The summed E-state index contributed by atoms with van der Waals surface area (Å²) >= 11 is 0. The third-order valence-corrected chi connectivity index (χ3v) is 7.66. The highest BCUT2D eigenvalue weighted by Gasteiger charge is 2.33. The molecule has 1 heterocycles. The fraction of sp³-hybridized carbons (Fsp3) is 0.462. The van der Waals surface area contributed by atoms with Crippen LogP contribution in [0.1, 0.15) is 45.2 Å². The average Bonchev–Trinajstić information content (AvgIpc) is 3.31. The van der Waals surface area contributed by atoms with Crippen molar-refractivity contribution in [1.29, 1.82) is 0 Å². The molecular weight excluding hydrogens is 482 g/mol. The Hall–Kier alpha value is -3.27. The molecule has 1 aliphatic heterocycles. The van der Waals surface area contributed by atoms with Crippen molar-refractivity contribution in [2.75, 3.05) is 23.4 Å². The summed E-state index contributed by atoms with van der Waals surface area (Å²) in [5, 5.41) is 2.88. The second-order valence-electron chi connectivity index (χ2n) is 9.04. The smallest absolute Gasteiger partial charge is 0.244 e. The molecule has 9 nitrogen and oxygen atoms in total. The number of rotatable bonds is 11. The molecule has 2 aromatic rings. The molecule has 0 fully saturated rings. The molecule has 0 bridgehead atoms. The number of fused-ring (bicyclic) bond motifs is 1. The van der Waals surface area contributed by atoms with Gasteiger partial charge < -0.3 is 19.7 Å². The Bertz CT molecular complexity index is 1180. The zero-order valence-electron chi connectivity index (χ0n) is 21.5. The maximum absolute atomic E-state index is 13.8. The van der Waals surface area contributed by atoms with Gasteiger partial charge in [0.1, 0.15) is 12.6 Å². The molecular formula is C26H35N3O6S. The number of benzene rings is 2. The van der Waals surface area contributed by atoms with E-state index in [1.54, 1.807) is 18.2 Å². The van der Waals surface area contributed by atoms with Crippen LogP contribution >= 0.6 is 0 Å². The standard InChI is InChI=1S/C26H35N3O6S/c1-6-22(26(31)27-18(3)4)28(15-20-10-8-19(5)9-11-20)25(30)16-29(36(32,33)7-2)21-12-13-23-24(14-21)35-17-34-23/h8-14,18,22H,6-7,15-17H2,1-5H3,(H,27,31). The number of carbonyl (C=O) groups excluding carboxylic acids is 2. The van der Waals surface area contributed by atoms with Gasteiger partial charge in [-0.15, -0.1) is 0 Å². The number of hydrogen-bond donors (Lipinski definition) is 1. The highest BCUT2D eigenvalue weighted by Crippen LogP contribution is 2.36. The van der Waals surface area contributed by atoms with Gasteiger partial charge in [0.05, 0.1) is 11.4 Å². The fourth-order valence-electron chi connectivity index (χ4n) is 3.95. The summed E-state index contributed by atoms with van der Waals surface area (Å²) in [6.45, 7) is 8.80. The summed E-state index contributed by atoms with van der Waals surface area (Å²) in [7, 11) is -3.82. The monoisotopic (exact) mass is 517 g/mol. The Morgan fingerprint density at radius 3 is 2.31 bits per heavy atom. The number of carbonyl (C=O) groups is 2. The van der Waals surface area contributed by atoms with Crippen molar-refractivity contribution in [2.24, 2.45) is 0 Å². The van der Waals surface area contributed by atoms with Crippen LogP contribution in [0, 0.1) is 6.92 Å². The Morgan fingerprint density at radius 2 is 1.69 bits per heavy atom. The van der Waals surface area contributed by atoms with E-state index in [0.29, 0.717) is 23.6 Å². The summed E-state index contributed by atoms with van der Waals surface area (Å²) in [5.74, 6) is -0.0265. The van der Waals surface area contributed by atoms with Gasteiger partial charge in [-0.25, -0.2) is 8.42 Å². The third-order valence-electron chi connectivity index (χ3n) is 5.91. The van der Waals surface area contributed by atoms with Crippen LogP contribution in [0.5, 0.6) is 11.5 Å². The molecule has 1 N–H and O–H groups in total. The Morgan fingerprint density at radius 1 is 1.03 bits per heavy atom. The van der Waals surface area contributed by atoms with Gasteiger partial charge in [-0.2, -0.15) is 0 Å². The summed E-state index contributed by atoms with van der Waals surface area (Å²) in [5.41, 5.74) is 2.21. The fourth-order valence-corrected chi connectivity index (χ4v) is 5.00. The molecule has 2 aromatic carbocycles. The van der Waals surface area contributed by atoms with Gasteiger partial charge in [0.2, 0.25) is 28.6 Å². The van der Waals surface area contributed by atoms with E-state index in [0.717, 1.165) is 15.4 Å². The molecule has 0 spiro atoms. The van der Waals surface area contributed by atoms with Gasteiger partial charge in [-0.1, -0.05) is 36.8 Å². The van der Waals surface area contributed by atoms with Crippen LogP contribution in [0.2, 0.25) is 0 Å². The number of sulfonamides is 1. The van der Waals surface area contributed by atoms with Crippen molar-refractivity contribution < 1.29 is 27.5 Å². The molecule has 0 aromatic heterocycles. The van der Waals surface area contributed by atoms with Crippen molar-refractivity contribution >= 4 is 27.5 Å². The van der Waals surface area contributed by atoms with Gasteiger partial charge in [-0.3, -0.25) is 13.9 Å². The number of ether oxygens (including phenoxy) is 2. The first-order valence-electron chi connectivity index (χ1n) is 12.1. The lowest BCUT2D eigenvalue weighted by Gasteiger charge is -2.33. The molecule has 0 saturated heterocycles. The topological polar surface area (TPSA) is 105 Å². The largest absolute Gasteiger partial charge is 0.454 e. The molecule has 196 valence electrons. The zero-order chi connectivity index (χ0) is 26.5. The minimum absolute atomic E-state index is 0.0473. The van der Waals surface area contributed by atoms with Crippen molar-refractivity contribution in [3.63, 3.8) is 0 Å². The zero-order valence-corrected chi connectivity index (χ0v) is 22.3. The molecule has 1 aliphatic rings. The van der Waals surface area contributed by atoms with Gasteiger partial charge in [-0.05, 0) is 51.8 Å². The van der Waals surface area contributed by atoms with Crippen LogP contribution in [0.25, 0.3) is 0 Å². The molecule has 1 unspecified atom stereocenters. The van der Waals surface area contributed by atoms with Gasteiger partial charge >= 0.3 is 0 Å². The predicted molar refractivity (Wildman–Crippen MR) is 138 cm³/mol. The van der Waals surface area contributed by atoms with E-state index in [9.17, 15) is 18.0 Å². The average molecular weight is 518 g/mol. The number of anilines is 1. The second-order valence-corrected chi connectivity index (χ2v) is 11.2. The van der Waals surface area contributed by atoms with Gasteiger partial charge in [0, 0.05) is 18.7 Å². The van der Waals surface area contributed by atoms with E-state index in [1.807, 2.05) is 52.0 Å². The van der Waals surface area contributed by atoms with E-state index < -0.39 is 28.5 Å². The number of amides is 2. The van der Waals surface area contributed by atoms with Crippen LogP contribution in [0.15, 0.2) is 42.5 Å². The van der Waals surface area contributed by atoms with E-state index >= 15 is 0 Å². The van der Waals surface area contributed by atoms with Gasteiger partial charge in [0.15, 0.2) is 11.5 Å². The first kappa shape index (κ1) is 27.3. The number of aryl methyl sites for hydroxylation is 1. The predicted octanol–water partition coefficient (Wildman–Crippen LogP) is 3.21. The second kappa shape index (κ2) is 11.6. The maximum atomic E-state index is 13.8. The molecule has 0 saturated carbocycles. The van der Waals surface area contributed by atoms with Gasteiger partial charge in [0.25, 0.3) is 0 Å². The normalized spacial score (nSPS) is 13.4. The molecule has 0 radical (unpaired) electrons. The van der Waals surface area contributed by atoms with Crippen molar-refractivity contribution in [3.05, 3.63) is 53.6 Å². The summed E-state index contributed by atoms with van der Waals surface area (Å²) in [6, 6.07) is 11.6. The molecule has 3 rings (SSSR count). The highest BCUT2D eigenvalue weighted by molar-refractivity contribution is 7.92. The van der Waals surface area contributed by atoms with Crippen LogP contribution in [-0.2, 0) is 26.2 Å². The number of nitrogens with zero attached hydrogens (tertiary/aromatic N) is 2. The number of hydrogen-bond acceptors (Lipinski definition) is 6. The van der Waals surface area contributed by atoms with Crippen molar-refractivity contribution in [3.8, 4) is 11.5 Å². The van der Waals surface area contributed by atoms with Crippen LogP contribution in [0.3, 0.4) is 0 Å². The summed E-state index contributed by atoms with van der Waals surface area (Å²) in [6.07, 6.45) is 0.376. The Labute approximate surface area is 213 Å². The van der Waals surface area contributed by atoms with Crippen LogP contribution in [0.4, 0.5) is 5.69 Å². The molecule has 0 aliphatic carbocycles. The molecule has 1 atom stereocenters. The summed E-state index contributed by atoms with van der Waals surface area (Å²) in [4.78, 5) is 28.3. The molecule has 10 heteroatoms. The summed E-state index contributed by atoms with van der Waals surface area (Å²) < 4.78 is 38.0. The van der Waals surface area contributed by atoms with Crippen LogP contribution < -0.4 is 19.1 Å². The minimum Gasteiger partial charge on any atom is -0.454 e.